The molecule has 0 aliphatic heterocycles. The highest BCUT2D eigenvalue weighted by atomic mass is 32.1. The zero-order valence-electron chi connectivity index (χ0n) is 18.6. The molecule has 0 N–H and O–H groups in total. The third-order valence-electron chi connectivity index (χ3n) is 5.82. The average molecular weight is 439 g/mol. The fraction of sp³-hybridized carbons (Fsp3) is 0.214. The van der Waals surface area contributed by atoms with Crippen molar-refractivity contribution in [3.8, 4) is 17.2 Å². The molecule has 0 aliphatic rings. The molecule has 0 fully saturated rings. The minimum absolute atomic E-state index is 0.246. The Bertz CT molecular complexity index is 1250. The summed E-state index contributed by atoms with van der Waals surface area (Å²) in [5, 5.41) is 9.72. The van der Waals surface area contributed by atoms with Gasteiger partial charge in [-0.15, -0.1) is 11.3 Å². The summed E-state index contributed by atoms with van der Waals surface area (Å²) in [6.07, 6.45) is 2.65. The summed E-state index contributed by atoms with van der Waals surface area (Å²) in [5.41, 5.74) is 10.5. The van der Waals surface area contributed by atoms with Gasteiger partial charge in [-0.05, 0) is 65.8 Å². The molecule has 3 aromatic carbocycles. The maximum absolute atomic E-state index is 9.72. The van der Waals surface area contributed by atoms with Gasteiger partial charge in [0.2, 0.25) is 0 Å². The Morgan fingerprint density at radius 3 is 2.53 bits per heavy atom. The van der Waals surface area contributed by atoms with Crippen LogP contribution in [0.15, 0.2) is 72.4 Å². The SMILES string of the molecule is CCc1ccc(COC(c2ccc(C#N)c(-c3ccccc3C)c2)c2cncs2)cc1C. The van der Waals surface area contributed by atoms with Crippen molar-refractivity contribution in [2.24, 2.45) is 0 Å². The molecule has 0 radical (unpaired) electrons. The molecule has 1 aromatic heterocycles. The van der Waals surface area contributed by atoms with E-state index in [4.69, 9.17) is 4.74 Å². The second-order valence-corrected chi connectivity index (χ2v) is 8.86. The fourth-order valence-corrected chi connectivity index (χ4v) is 4.73. The van der Waals surface area contributed by atoms with Crippen LogP contribution in [0.3, 0.4) is 0 Å². The molecular weight excluding hydrogens is 412 g/mol. The molecule has 0 saturated carbocycles. The topological polar surface area (TPSA) is 45.9 Å². The largest absolute Gasteiger partial charge is 0.363 e. The maximum Gasteiger partial charge on any atom is 0.119 e. The van der Waals surface area contributed by atoms with E-state index in [2.05, 4.69) is 68.2 Å². The third-order valence-corrected chi connectivity index (χ3v) is 6.64. The van der Waals surface area contributed by atoms with Crippen LogP contribution in [0, 0.1) is 25.2 Å². The molecule has 160 valence electrons. The number of nitriles is 1. The highest BCUT2D eigenvalue weighted by Crippen LogP contribution is 2.35. The number of thiazole rings is 1. The first-order chi connectivity index (χ1) is 15.6. The summed E-state index contributed by atoms with van der Waals surface area (Å²) < 4.78 is 6.47. The zero-order valence-corrected chi connectivity index (χ0v) is 19.4. The minimum atomic E-state index is -0.246. The monoisotopic (exact) mass is 438 g/mol. The number of hydrogen-bond donors (Lipinski definition) is 0. The van der Waals surface area contributed by atoms with Crippen LogP contribution in [0.2, 0.25) is 0 Å². The van der Waals surface area contributed by atoms with E-state index in [1.54, 1.807) is 11.3 Å². The molecule has 4 aromatic rings. The van der Waals surface area contributed by atoms with Crippen molar-refractivity contribution >= 4 is 11.3 Å². The molecule has 0 saturated heterocycles. The van der Waals surface area contributed by atoms with E-state index in [0.29, 0.717) is 12.2 Å². The number of aryl methyl sites for hydroxylation is 3. The van der Waals surface area contributed by atoms with Crippen LogP contribution in [0.4, 0.5) is 0 Å². The number of aromatic nitrogens is 1. The van der Waals surface area contributed by atoms with Crippen LogP contribution < -0.4 is 0 Å². The van der Waals surface area contributed by atoms with Crippen molar-refractivity contribution < 1.29 is 4.74 Å². The van der Waals surface area contributed by atoms with Gasteiger partial charge in [0.15, 0.2) is 0 Å². The first-order valence-corrected chi connectivity index (χ1v) is 11.7. The molecule has 4 rings (SSSR count). The Kier molecular flexibility index (Phi) is 6.80. The van der Waals surface area contributed by atoms with E-state index in [-0.39, 0.29) is 6.10 Å². The van der Waals surface area contributed by atoms with Gasteiger partial charge in [-0.25, -0.2) is 0 Å². The smallest absolute Gasteiger partial charge is 0.119 e. The van der Waals surface area contributed by atoms with E-state index < -0.39 is 0 Å². The molecule has 4 heteroatoms. The zero-order chi connectivity index (χ0) is 22.5. The minimum Gasteiger partial charge on any atom is -0.363 e. The van der Waals surface area contributed by atoms with E-state index in [0.717, 1.165) is 39.1 Å². The normalized spacial score (nSPS) is 11.8. The van der Waals surface area contributed by atoms with Crippen molar-refractivity contribution in [1.29, 1.82) is 5.26 Å². The summed E-state index contributed by atoms with van der Waals surface area (Å²) in [6.45, 7) is 6.91. The highest BCUT2D eigenvalue weighted by Gasteiger charge is 2.19. The fourth-order valence-electron chi connectivity index (χ4n) is 4.04. The lowest BCUT2D eigenvalue weighted by atomic mass is 9.93. The Morgan fingerprint density at radius 1 is 1.00 bits per heavy atom. The molecule has 3 nitrogen and oxygen atoms in total. The summed E-state index contributed by atoms with van der Waals surface area (Å²) >= 11 is 1.58. The second kappa shape index (κ2) is 9.91. The molecule has 32 heavy (non-hydrogen) atoms. The standard InChI is InChI=1S/C28H26N2OS/c1-4-22-10-9-21(13-20(22)3)17-31-28(27-16-30-18-32-27)23-11-12-24(15-29)26(14-23)25-8-6-5-7-19(25)2/h5-14,16,18,28H,4,17H2,1-3H3. The van der Waals surface area contributed by atoms with Gasteiger partial charge < -0.3 is 4.74 Å². The van der Waals surface area contributed by atoms with E-state index in [1.165, 1.54) is 11.1 Å². The lowest BCUT2D eigenvalue weighted by Gasteiger charge is -2.19. The third kappa shape index (κ3) is 4.65. The van der Waals surface area contributed by atoms with Crippen molar-refractivity contribution in [2.45, 2.75) is 39.9 Å². The molecular formula is C28H26N2OS. The van der Waals surface area contributed by atoms with Gasteiger partial charge in [0.25, 0.3) is 0 Å². The van der Waals surface area contributed by atoms with Gasteiger partial charge >= 0.3 is 0 Å². The summed E-state index contributed by atoms with van der Waals surface area (Å²) in [4.78, 5) is 5.32. The summed E-state index contributed by atoms with van der Waals surface area (Å²) in [6, 6.07) is 23.0. The highest BCUT2D eigenvalue weighted by molar-refractivity contribution is 7.09. The Balaban J connectivity index is 1.70. The van der Waals surface area contributed by atoms with Crippen molar-refractivity contribution in [3.63, 3.8) is 0 Å². The van der Waals surface area contributed by atoms with Crippen LogP contribution >= 0.6 is 11.3 Å². The van der Waals surface area contributed by atoms with E-state index in [9.17, 15) is 5.26 Å². The van der Waals surface area contributed by atoms with Gasteiger partial charge in [0.1, 0.15) is 6.10 Å². The molecule has 0 spiro atoms. The maximum atomic E-state index is 9.72. The van der Waals surface area contributed by atoms with Crippen molar-refractivity contribution in [1.82, 2.24) is 4.98 Å². The van der Waals surface area contributed by atoms with Crippen LogP contribution in [-0.4, -0.2) is 4.98 Å². The summed E-state index contributed by atoms with van der Waals surface area (Å²) in [5.74, 6) is 0. The van der Waals surface area contributed by atoms with Gasteiger partial charge in [0.05, 0.1) is 28.6 Å². The van der Waals surface area contributed by atoms with Gasteiger partial charge in [-0.2, -0.15) is 5.26 Å². The molecule has 0 aliphatic carbocycles. The number of rotatable bonds is 7. The van der Waals surface area contributed by atoms with Crippen LogP contribution in [0.25, 0.3) is 11.1 Å². The number of nitrogens with zero attached hydrogens (tertiary/aromatic N) is 2. The predicted octanol–water partition coefficient (Wildman–Crippen LogP) is 7.17. The Morgan fingerprint density at radius 2 is 1.84 bits per heavy atom. The number of hydrogen-bond acceptors (Lipinski definition) is 4. The summed E-state index contributed by atoms with van der Waals surface area (Å²) in [7, 11) is 0. The van der Waals surface area contributed by atoms with Crippen LogP contribution in [0.1, 0.15) is 51.3 Å². The lowest BCUT2D eigenvalue weighted by molar-refractivity contribution is 0.0689. The van der Waals surface area contributed by atoms with Crippen molar-refractivity contribution in [2.75, 3.05) is 0 Å². The van der Waals surface area contributed by atoms with Gasteiger partial charge in [-0.1, -0.05) is 55.5 Å². The quantitative estimate of drug-likeness (QED) is 0.307. The van der Waals surface area contributed by atoms with E-state index in [1.807, 2.05) is 36.0 Å². The van der Waals surface area contributed by atoms with Crippen LogP contribution in [-0.2, 0) is 17.8 Å². The van der Waals surface area contributed by atoms with E-state index >= 15 is 0 Å². The van der Waals surface area contributed by atoms with Gasteiger partial charge in [0, 0.05) is 11.8 Å². The number of benzene rings is 3. The lowest BCUT2D eigenvalue weighted by Crippen LogP contribution is -2.06. The molecule has 1 heterocycles. The predicted molar refractivity (Wildman–Crippen MR) is 131 cm³/mol. The van der Waals surface area contributed by atoms with Crippen molar-refractivity contribution in [3.05, 3.63) is 111 Å². The molecule has 0 amide bonds. The second-order valence-electron chi connectivity index (χ2n) is 7.94. The first-order valence-electron chi connectivity index (χ1n) is 10.8. The molecule has 0 bridgehead atoms. The first kappa shape index (κ1) is 22.0. The Labute approximate surface area is 194 Å². The Hall–Kier alpha value is -3.26. The molecule has 1 unspecified atom stereocenters. The average Bonchev–Trinajstić information content (AvgIpc) is 3.34. The van der Waals surface area contributed by atoms with Gasteiger partial charge in [-0.3, -0.25) is 4.98 Å². The molecule has 1 atom stereocenters. The number of ether oxygens (including phenoxy) is 1. The van der Waals surface area contributed by atoms with Crippen LogP contribution in [0.5, 0.6) is 0 Å².